The van der Waals surface area contributed by atoms with E-state index in [4.69, 9.17) is 11.6 Å². The van der Waals surface area contributed by atoms with Gasteiger partial charge in [0.2, 0.25) is 0 Å². The van der Waals surface area contributed by atoms with Crippen molar-refractivity contribution >= 4 is 17.3 Å². The predicted octanol–water partition coefficient (Wildman–Crippen LogP) is 3.68. The predicted molar refractivity (Wildman–Crippen MR) is 75.1 cm³/mol. The second kappa shape index (κ2) is 6.45. The first-order valence-electron chi connectivity index (χ1n) is 5.95. The van der Waals surface area contributed by atoms with Crippen LogP contribution in [0.2, 0.25) is 5.02 Å². The number of nitrogens with one attached hydrogen (secondary N) is 1. The lowest BCUT2D eigenvalue weighted by molar-refractivity contribution is -0.385. The molecule has 2 rings (SSSR count). The van der Waals surface area contributed by atoms with E-state index in [-0.39, 0.29) is 12.2 Å². The van der Waals surface area contributed by atoms with Crippen molar-refractivity contribution < 1.29 is 9.31 Å². The zero-order valence-electron chi connectivity index (χ0n) is 10.5. The Bertz CT molecular complexity index is 634. The van der Waals surface area contributed by atoms with Crippen molar-refractivity contribution in [3.63, 3.8) is 0 Å². The molecule has 0 bridgehead atoms. The third kappa shape index (κ3) is 3.53. The summed E-state index contributed by atoms with van der Waals surface area (Å²) < 4.78 is 13.6. The van der Waals surface area contributed by atoms with Crippen LogP contribution in [0.3, 0.4) is 0 Å². The molecule has 0 atom stereocenters. The van der Waals surface area contributed by atoms with Gasteiger partial charge >= 0.3 is 0 Å². The Hall–Kier alpha value is -1.98. The maximum Gasteiger partial charge on any atom is 0.273 e. The van der Waals surface area contributed by atoms with E-state index in [1.54, 1.807) is 30.3 Å². The van der Waals surface area contributed by atoms with E-state index < -0.39 is 10.7 Å². The lowest BCUT2D eigenvalue weighted by Crippen LogP contribution is -2.14. The Morgan fingerprint density at radius 1 is 1.15 bits per heavy atom. The fourth-order valence-electron chi connectivity index (χ4n) is 1.84. The second-order valence-corrected chi connectivity index (χ2v) is 4.66. The lowest BCUT2D eigenvalue weighted by Gasteiger charge is -2.07. The molecule has 20 heavy (non-hydrogen) atoms. The SMILES string of the molecule is O=[N+]([O-])c1ccccc1CNCc1ccc(Cl)cc1F. The second-order valence-electron chi connectivity index (χ2n) is 4.23. The highest BCUT2D eigenvalue weighted by Gasteiger charge is 2.11. The van der Waals surface area contributed by atoms with E-state index in [9.17, 15) is 14.5 Å². The van der Waals surface area contributed by atoms with Crippen LogP contribution in [0.25, 0.3) is 0 Å². The zero-order valence-corrected chi connectivity index (χ0v) is 11.2. The van der Waals surface area contributed by atoms with Gasteiger partial charge in [-0.1, -0.05) is 35.9 Å². The third-order valence-electron chi connectivity index (χ3n) is 2.83. The number of hydrogen-bond acceptors (Lipinski definition) is 3. The fourth-order valence-corrected chi connectivity index (χ4v) is 1.99. The highest BCUT2D eigenvalue weighted by atomic mass is 35.5. The fraction of sp³-hybridized carbons (Fsp3) is 0.143. The first-order valence-corrected chi connectivity index (χ1v) is 6.32. The molecule has 0 saturated heterocycles. The summed E-state index contributed by atoms with van der Waals surface area (Å²) in [5, 5.41) is 14.2. The van der Waals surface area contributed by atoms with Gasteiger partial charge in [0, 0.05) is 35.3 Å². The van der Waals surface area contributed by atoms with Gasteiger partial charge in [0.05, 0.1) is 4.92 Å². The Labute approximate surface area is 120 Å². The monoisotopic (exact) mass is 294 g/mol. The van der Waals surface area contributed by atoms with Crippen LogP contribution in [-0.2, 0) is 13.1 Å². The standard InChI is InChI=1S/C14H12ClFN2O2/c15-12-6-5-10(13(16)7-12)8-17-9-11-3-1-2-4-14(11)18(19)20/h1-7,17H,8-9H2. The van der Waals surface area contributed by atoms with Gasteiger partial charge in [-0.15, -0.1) is 0 Å². The molecule has 0 saturated carbocycles. The van der Waals surface area contributed by atoms with Crippen LogP contribution in [0.5, 0.6) is 0 Å². The molecule has 0 aliphatic rings. The summed E-state index contributed by atoms with van der Waals surface area (Å²) in [6.45, 7) is 0.564. The Balaban J connectivity index is 2.01. The summed E-state index contributed by atoms with van der Waals surface area (Å²) in [5.41, 5.74) is 1.08. The average molecular weight is 295 g/mol. The van der Waals surface area contributed by atoms with E-state index in [1.165, 1.54) is 12.1 Å². The Morgan fingerprint density at radius 3 is 2.55 bits per heavy atom. The molecule has 0 heterocycles. The van der Waals surface area contributed by atoms with Crippen LogP contribution in [0.15, 0.2) is 42.5 Å². The Morgan fingerprint density at radius 2 is 1.85 bits per heavy atom. The molecule has 1 N–H and O–H groups in total. The molecule has 0 amide bonds. The van der Waals surface area contributed by atoms with E-state index in [0.29, 0.717) is 22.7 Å². The van der Waals surface area contributed by atoms with Gasteiger partial charge in [0.25, 0.3) is 5.69 Å². The molecule has 2 aromatic carbocycles. The smallest absolute Gasteiger partial charge is 0.273 e. The van der Waals surface area contributed by atoms with Crippen LogP contribution in [0.4, 0.5) is 10.1 Å². The van der Waals surface area contributed by atoms with Crippen LogP contribution in [0, 0.1) is 15.9 Å². The van der Waals surface area contributed by atoms with Crippen molar-refractivity contribution in [2.75, 3.05) is 0 Å². The molecule has 2 aromatic rings. The van der Waals surface area contributed by atoms with Crippen molar-refractivity contribution in [2.45, 2.75) is 13.1 Å². The number of halogens is 2. The molecule has 4 nitrogen and oxygen atoms in total. The number of benzene rings is 2. The maximum absolute atomic E-state index is 13.6. The zero-order chi connectivity index (χ0) is 14.5. The summed E-state index contributed by atoms with van der Waals surface area (Å²) in [6, 6.07) is 10.9. The average Bonchev–Trinajstić information content (AvgIpc) is 2.41. The molecule has 6 heteroatoms. The van der Waals surface area contributed by atoms with Crippen LogP contribution < -0.4 is 5.32 Å². The van der Waals surface area contributed by atoms with Crippen molar-refractivity contribution in [3.8, 4) is 0 Å². The summed E-state index contributed by atoms with van der Waals surface area (Å²) in [5.74, 6) is -0.396. The number of nitro groups is 1. The Kier molecular flexibility index (Phi) is 4.65. The molecule has 0 radical (unpaired) electrons. The van der Waals surface area contributed by atoms with Crippen molar-refractivity contribution in [3.05, 3.63) is 74.5 Å². The van der Waals surface area contributed by atoms with Crippen LogP contribution in [0.1, 0.15) is 11.1 Å². The van der Waals surface area contributed by atoms with Crippen molar-refractivity contribution in [1.82, 2.24) is 5.32 Å². The van der Waals surface area contributed by atoms with Gasteiger partial charge in [-0.2, -0.15) is 0 Å². The van der Waals surface area contributed by atoms with E-state index in [1.807, 2.05) is 0 Å². The summed E-state index contributed by atoms with van der Waals surface area (Å²) in [7, 11) is 0. The number of nitrogens with zero attached hydrogens (tertiary/aromatic N) is 1. The quantitative estimate of drug-likeness (QED) is 0.676. The van der Waals surface area contributed by atoms with Gasteiger partial charge in [-0.05, 0) is 12.1 Å². The molecule has 0 unspecified atom stereocenters. The first-order chi connectivity index (χ1) is 9.58. The number of hydrogen-bond donors (Lipinski definition) is 1. The maximum atomic E-state index is 13.6. The normalized spacial score (nSPS) is 10.5. The third-order valence-corrected chi connectivity index (χ3v) is 3.07. The van der Waals surface area contributed by atoms with Gasteiger partial charge < -0.3 is 5.32 Å². The minimum atomic E-state index is -0.431. The van der Waals surface area contributed by atoms with E-state index in [2.05, 4.69) is 5.32 Å². The summed E-state index contributed by atoms with van der Waals surface area (Å²) in [6.07, 6.45) is 0. The molecular formula is C14H12ClFN2O2. The first kappa shape index (κ1) is 14.4. The minimum Gasteiger partial charge on any atom is -0.308 e. The highest BCUT2D eigenvalue weighted by Crippen LogP contribution is 2.18. The van der Waals surface area contributed by atoms with E-state index >= 15 is 0 Å². The van der Waals surface area contributed by atoms with Crippen LogP contribution >= 0.6 is 11.6 Å². The summed E-state index contributed by atoms with van der Waals surface area (Å²) >= 11 is 5.67. The topological polar surface area (TPSA) is 55.2 Å². The van der Waals surface area contributed by atoms with Gasteiger partial charge in [-0.25, -0.2) is 4.39 Å². The largest absolute Gasteiger partial charge is 0.308 e. The van der Waals surface area contributed by atoms with Crippen molar-refractivity contribution in [1.29, 1.82) is 0 Å². The number of nitro benzene ring substituents is 1. The molecule has 104 valence electrons. The number of rotatable bonds is 5. The molecule has 0 spiro atoms. The highest BCUT2D eigenvalue weighted by molar-refractivity contribution is 6.30. The molecule has 0 aromatic heterocycles. The van der Waals surface area contributed by atoms with Crippen molar-refractivity contribution in [2.24, 2.45) is 0 Å². The molecule has 0 aliphatic heterocycles. The van der Waals surface area contributed by atoms with E-state index in [0.717, 1.165) is 0 Å². The summed E-state index contributed by atoms with van der Waals surface area (Å²) in [4.78, 5) is 10.4. The van der Waals surface area contributed by atoms with Gasteiger partial charge in [0.15, 0.2) is 0 Å². The minimum absolute atomic E-state index is 0.0524. The molecule has 0 aliphatic carbocycles. The molecular weight excluding hydrogens is 283 g/mol. The van der Waals surface area contributed by atoms with Gasteiger partial charge in [-0.3, -0.25) is 10.1 Å². The number of para-hydroxylation sites is 1. The van der Waals surface area contributed by atoms with Gasteiger partial charge in [0.1, 0.15) is 5.82 Å². The molecule has 0 fully saturated rings. The lowest BCUT2D eigenvalue weighted by atomic mass is 10.1. The van der Waals surface area contributed by atoms with Crippen LogP contribution in [-0.4, -0.2) is 4.92 Å².